The first-order valence-corrected chi connectivity index (χ1v) is 7.12. The molecule has 2 nitrogen and oxygen atoms in total. The van der Waals surface area contributed by atoms with Crippen molar-refractivity contribution in [3.8, 4) is 0 Å². The van der Waals surface area contributed by atoms with E-state index in [1.165, 1.54) is 0 Å². The summed E-state index contributed by atoms with van der Waals surface area (Å²) in [6, 6.07) is 7.08. The minimum atomic E-state index is -0.0945. The van der Waals surface area contributed by atoms with Crippen LogP contribution in [0.5, 0.6) is 0 Å². The summed E-state index contributed by atoms with van der Waals surface area (Å²) in [4.78, 5) is 0. The molecule has 0 aromatic heterocycles. The monoisotopic (exact) mass is 267 g/mol. The molecule has 0 bridgehead atoms. The van der Waals surface area contributed by atoms with Gasteiger partial charge in [0.2, 0.25) is 0 Å². The summed E-state index contributed by atoms with van der Waals surface area (Å²) < 4.78 is 18.9. The molecule has 1 aromatic rings. The predicted octanol–water partition coefficient (Wildman–Crippen LogP) is 3.27. The Labute approximate surface area is 116 Å². The molecule has 0 saturated heterocycles. The SMILES string of the molecule is CCNCC(Cc1ccccc1F)C(C)CCOC. The van der Waals surface area contributed by atoms with E-state index in [9.17, 15) is 4.39 Å². The van der Waals surface area contributed by atoms with Crippen molar-refractivity contribution in [1.29, 1.82) is 0 Å². The predicted molar refractivity (Wildman–Crippen MR) is 77.8 cm³/mol. The lowest BCUT2D eigenvalue weighted by Gasteiger charge is -2.24. The van der Waals surface area contributed by atoms with E-state index in [0.717, 1.165) is 38.1 Å². The van der Waals surface area contributed by atoms with E-state index in [1.54, 1.807) is 19.2 Å². The van der Waals surface area contributed by atoms with Gasteiger partial charge in [-0.1, -0.05) is 32.0 Å². The molecular formula is C16H26FNO. The lowest BCUT2D eigenvalue weighted by Crippen LogP contribution is -2.29. The lowest BCUT2D eigenvalue weighted by molar-refractivity contribution is 0.163. The van der Waals surface area contributed by atoms with Gasteiger partial charge < -0.3 is 10.1 Å². The highest BCUT2D eigenvalue weighted by Gasteiger charge is 2.18. The fraction of sp³-hybridized carbons (Fsp3) is 0.625. The van der Waals surface area contributed by atoms with Crippen LogP contribution in [-0.4, -0.2) is 26.8 Å². The molecule has 1 aromatic carbocycles. The molecule has 0 aliphatic carbocycles. The number of hydrogen-bond acceptors (Lipinski definition) is 2. The van der Waals surface area contributed by atoms with E-state index in [2.05, 4.69) is 19.2 Å². The molecule has 0 radical (unpaired) electrons. The van der Waals surface area contributed by atoms with Crippen molar-refractivity contribution in [2.24, 2.45) is 11.8 Å². The Balaban J connectivity index is 2.65. The molecule has 0 fully saturated rings. The average molecular weight is 267 g/mol. The number of rotatable bonds is 9. The molecule has 0 aliphatic rings. The highest BCUT2D eigenvalue weighted by Crippen LogP contribution is 2.21. The number of halogens is 1. The molecule has 0 spiro atoms. The summed E-state index contributed by atoms with van der Waals surface area (Å²) in [5.41, 5.74) is 0.815. The minimum Gasteiger partial charge on any atom is -0.385 e. The Morgan fingerprint density at radius 2 is 2.05 bits per heavy atom. The van der Waals surface area contributed by atoms with Crippen molar-refractivity contribution in [3.05, 3.63) is 35.6 Å². The van der Waals surface area contributed by atoms with Crippen molar-refractivity contribution in [1.82, 2.24) is 5.32 Å². The van der Waals surface area contributed by atoms with Gasteiger partial charge in [-0.3, -0.25) is 0 Å². The number of hydrogen-bond donors (Lipinski definition) is 1. The van der Waals surface area contributed by atoms with Crippen molar-refractivity contribution < 1.29 is 9.13 Å². The van der Waals surface area contributed by atoms with Crippen molar-refractivity contribution in [2.45, 2.75) is 26.7 Å². The van der Waals surface area contributed by atoms with Crippen LogP contribution in [0.3, 0.4) is 0 Å². The van der Waals surface area contributed by atoms with Crippen molar-refractivity contribution >= 4 is 0 Å². The second kappa shape index (κ2) is 9.05. The van der Waals surface area contributed by atoms with Gasteiger partial charge >= 0.3 is 0 Å². The van der Waals surface area contributed by atoms with E-state index in [-0.39, 0.29) is 5.82 Å². The van der Waals surface area contributed by atoms with Gasteiger partial charge in [0.15, 0.2) is 0 Å². The molecule has 1 rings (SSSR count). The van der Waals surface area contributed by atoms with Crippen LogP contribution in [-0.2, 0) is 11.2 Å². The van der Waals surface area contributed by atoms with Crippen LogP contribution < -0.4 is 5.32 Å². The fourth-order valence-electron chi connectivity index (χ4n) is 2.29. The summed E-state index contributed by atoms with van der Waals surface area (Å²) in [6.07, 6.45) is 1.80. The molecule has 2 atom stereocenters. The average Bonchev–Trinajstić information content (AvgIpc) is 2.42. The number of nitrogens with one attached hydrogen (secondary N) is 1. The first-order chi connectivity index (χ1) is 9.19. The largest absolute Gasteiger partial charge is 0.385 e. The molecule has 3 heteroatoms. The van der Waals surface area contributed by atoms with E-state index in [0.29, 0.717) is 11.8 Å². The molecule has 1 N–H and O–H groups in total. The molecule has 0 heterocycles. The van der Waals surface area contributed by atoms with Gasteiger partial charge in [-0.15, -0.1) is 0 Å². The molecule has 108 valence electrons. The van der Waals surface area contributed by atoms with E-state index >= 15 is 0 Å². The first kappa shape index (κ1) is 16.1. The zero-order valence-corrected chi connectivity index (χ0v) is 12.3. The van der Waals surface area contributed by atoms with Gasteiger partial charge in [-0.05, 0) is 49.4 Å². The lowest BCUT2D eigenvalue weighted by atomic mass is 9.86. The van der Waals surface area contributed by atoms with Crippen molar-refractivity contribution in [3.63, 3.8) is 0 Å². The van der Waals surface area contributed by atoms with Crippen LogP contribution in [0.1, 0.15) is 25.8 Å². The van der Waals surface area contributed by atoms with Gasteiger partial charge in [0.1, 0.15) is 5.82 Å². The maximum atomic E-state index is 13.7. The maximum absolute atomic E-state index is 13.7. The third-order valence-corrected chi connectivity index (χ3v) is 3.68. The first-order valence-electron chi connectivity index (χ1n) is 7.12. The van der Waals surface area contributed by atoms with Gasteiger partial charge in [0.05, 0.1) is 0 Å². The number of benzene rings is 1. The molecule has 0 saturated carbocycles. The van der Waals surface area contributed by atoms with Gasteiger partial charge in [0, 0.05) is 13.7 Å². The standard InChI is InChI=1S/C16H26FNO/c1-4-18-12-15(13(2)9-10-19-3)11-14-7-5-6-8-16(14)17/h5-8,13,15,18H,4,9-12H2,1-3H3. The maximum Gasteiger partial charge on any atom is 0.126 e. The molecular weight excluding hydrogens is 241 g/mol. The van der Waals surface area contributed by atoms with E-state index in [4.69, 9.17) is 4.74 Å². The third kappa shape index (κ3) is 5.70. The minimum absolute atomic E-state index is 0.0945. The van der Waals surface area contributed by atoms with Crippen LogP contribution in [0.25, 0.3) is 0 Å². The fourth-order valence-corrected chi connectivity index (χ4v) is 2.29. The summed E-state index contributed by atoms with van der Waals surface area (Å²) >= 11 is 0. The molecule has 2 unspecified atom stereocenters. The van der Waals surface area contributed by atoms with Crippen LogP contribution in [0.15, 0.2) is 24.3 Å². The Bertz CT molecular complexity index is 356. The van der Waals surface area contributed by atoms with E-state index < -0.39 is 0 Å². The zero-order chi connectivity index (χ0) is 14.1. The quantitative estimate of drug-likeness (QED) is 0.741. The summed E-state index contributed by atoms with van der Waals surface area (Å²) in [5.74, 6) is 0.855. The number of methoxy groups -OCH3 is 1. The smallest absolute Gasteiger partial charge is 0.126 e. The summed E-state index contributed by atoms with van der Waals surface area (Å²) in [7, 11) is 1.73. The molecule has 0 amide bonds. The van der Waals surface area contributed by atoms with Gasteiger partial charge in [-0.2, -0.15) is 0 Å². The summed E-state index contributed by atoms with van der Waals surface area (Å²) in [6.45, 7) is 6.96. The van der Waals surface area contributed by atoms with Crippen LogP contribution in [0.2, 0.25) is 0 Å². The topological polar surface area (TPSA) is 21.3 Å². The van der Waals surface area contributed by atoms with E-state index in [1.807, 2.05) is 12.1 Å². The highest BCUT2D eigenvalue weighted by molar-refractivity contribution is 5.18. The Morgan fingerprint density at radius 3 is 2.68 bits per heavy atom. The second-order valence-corrected chi connectivity index (χ2v) is 5.12. The Hall–Kier alpha value is -0.930. The van der Waals surface area contributed by atoms with Gasteiger partial charge in [-0.25, -0.2) is 4.39 Å². The second-order valence-electron chi connectivity index (χ2n) is 5.12. The molecule has 0 aliphatic heterocycles. The Morgan fingerprint density at radius 1 is 1.32 bits per heavy atom. The zero-order valence-electron chi connectivity index (χ0n) is 12.3. The molecule has 19 heavy (non-hydrogen) atoms. The highest BCUT2D eigenvalue weighted by atomic mass is 19.1. The van der Waals surface area contributed by atoms with Crippen LogP contribution in [0.4, 0.5) is 4.39 Å². The summed E-state index contributed by atoms with van der Waals surface area (Å²) in [5, 5.41) is 3.38. The number of ether oxygens (including phenoxy) is 1. The van der Waals surface area contributed by atoms with Crippen molar-refractivity contribution in [2.75, 3.05) is 26.8 Å². The normalized spacial score (nSPS) is 14.3. The van der Waals surface area contributed by atoms with Gasteiger partial charge in [0.25, 0.3) is 0 Å². The third-order valence-electron chi connectivity index (χ3n) is 3.68. The Kier molecular flexibility index (Phi) is 7.68. The van der Waals surface area contributed by atoms with Crippen LogP contribution in [0, 0.1) is 17.7 Å². The van der Waals surface area contributed by atoms with Crippen LogP contribution >= 0.6 is 0 Å².